The highest BCUT2D eigenvalue weighted by molar-refractivity contribution is 5.85. The maximum atomic E-state index is 8.71. The molecule has 0 spiro atoms. The van der Waals surface area contributed by atoms with Crippen molar-refractivity contribution in [3.63, 3.8) is 0 Å². The second kappa shape index (κ2) is 5.35. The van der Waals surface area contributed by atoms with Crippen molar-refractivity contribution >= 4 is 5.84 Å². The van der Waals surface area contributed by atoms with E-state index in [2.05, 4.69) is 30.8 Å². The van der Waals surface area contributed by atoms with E-state index in [1.807, 2.05) is 0 Å². The molecule has 0 saturated carbocycles. The molecule has 2 atom stereocenters. The molecule has 1 aliphatic heterocycles. The van der Waals surface area contributed by atoms with Gasteiger partial charge in [0.15, 0.2) is 5.84 Å². The van der Waals surface area contributed by atoms with Crippen molar-refractivity contribution in [2.24, 2.45) is 22.7 Å². The first kappa shape index (κ1) is 12.3. The Balaban J connectivity index is 2.58. The smallest absolute Gasteiger partial charge is 0.156 e. The third-order valence-electron chi connectivity index (χ3n) is 3.48. The molecule has 2 unspecified atom stereocenters. The number of nitrogens with two attached hydrogens (primary N) is 1. The van der Waals surface area contributed by atoms with Gasteiger partial charge < -0.3 is 10.9 Å². The Kier molecular flexibility index (Phi) is 4.39. The lowest BCUT2D eigenvalue weighted by Crippen LogP contribution is -2.43. The molecule has 1 heterocycles. The van der Waals surface area contributed by atoms with Gasteiger partial charge in [-0.1, -0.05) is 25.9 Å². The number of nitrogens with zero attached hydrogens (tertiary/aromatic N) is 2. The lowest BCUT2D eigenvalue weighted by molar-refractivity contribution is 0.254. The van der Waals surface area contributed by atoms with Crippen molar-refractivity contribution in [3.05, 3.63) is 0 Å². The fourth-order valence-corrected chi connectivity index (χ4v) is 2.36. The molecule has 0 amide bonds. The van der Waals surface area contributed by atoms with Gasteiger partial charge in [0.2, 0.25) is 0 Å². The maximum Gasteiger partial charge on any atom is 0.156 e. The zero-order valence-corrected chi connectivity index (χ0v) is 9.98. The van der Waals surface area contributed by atoms with Gasteiger partial charge in [0.05, 0.1) is 6.04 Å². The lowest BCUT2D eigenvalue weighted by Gasteiger charge is -2.26. The fraction of sp³-hybridized carbons (Fsp3) is 0.909. The zero-order chi connectivity index (χ0) is 11.4. The number of rotatable bonds is 4. The molecular formula is C11H23N3O. The third-order valence-corrected chi connectivity index (χ3v) is 3.48. The van der Waals surface area contributed by atoms with Gasteiger partial charge in [-0.2, -0.15) is 0 Å². The van der Waals surface area contributed by atoms with E-state index in [4.69, 9.17) is 10.9 Å². The van der Waals surface area contributed by atoms with Gasteiger partial charge in [-0.3, -0.25) is 4.90 Å². The Morgan fingerprint density at radius 1 is 1.60 bits per heavy atom. The average molecular weight is 213 g/mol. The normalized spacial score (nSPS) is 26.1. The Hall–Kier alpha value is -0.770. The number of hydrogen-bond donors (Lipinski definition) is 2. The Labute approximate surface area is 92.1 Å². The number of amidine groups is 1. The van der Waals surface area contributed by atoms with Crippen LogP contribution >= 0.6 is 0 Å². The first-order chi connectivity index (χ1) is 7.10. The Morgan fingerprint density at radius 3 is 2.67 bits per heavy atom. The van der Waals surface area contributed by atoms with Crippen molar-refractivity contribution in [1.82, 2.24) is 4.90 Å². The van der Waals surface area contributed by atoms with E-state index in [9.17, 15) is 0 Å². The molecule has 0 aromatic carbocycles. The van der Waals surface area contributed by atoms with Crippen LogP contribution in [0, 0.1) is 11.8 Å². The van der Waals surface area contributed by atoms with Gasteiger partial charge >= 0.3 is 0 Å². The lowest BCUT2D eigenvalue weighted by atomic mass is 9.95. The molecule has 4 nitrogen and oxygen atoms in total. The summed E-state index contributed by atoms with van der Waals surface area (Å²) in [4.78, 5) is 2.33. The first-order valence-corrected chi connectivity index (χ1v) is 5.81. The predicted octanol–water partition coefficient (Wildman–Crippen LogP) is 1.49. The quantitative estimate of drug-likeness (QED) is 0.322. The van der Waals surface area contributed by atoms with Crippen molar-refractivity contribution < 1.29 is 5.21 Å². The summed E-state index contributed by atoms with van der Waals surface area (Å²) in [6, 6.07) is 0.110. The third kappa shape index (κ3) is 2.84. The van der Waals surface area contributed by atoms with Crippen LogP contribution in [0.3, 0.4) is 0 Å². The summed E-state index contributed by atoms with van der Waals surface area (Å²) in [6.45, 7) is 8.74. The number of hydrogen-bond acceptors (Lipinski definition) is 3. The van der Waals surface area contributed by atoms with Crippen LogP contribution in [0.1, 0.15) is 33.6 Å². The van der Waals surface area contributed by atoms with E-state index >= 15 is 0 Å². The fourth-order valence-electron chi connectivity index (χ4n) is 2.36. The van der Waals surface area contributed by atoms with Crippen LogP contribution in [-0.2, 0) is 0 Å². The first-order valence-electron chi connectivity index (χ1n) is 5.81. The molecular weight excluding hydrogens is 190 g/mol. The van der Waals surface area contributed by atoms with E-state index in [1.54, 1.807) is 0 Å². The van der Waals surface area contributed by atoms with E-state index in [1.165, 1.54) is 6.42 Å². The predicted molar refractivity (Wildman–Crippen MR) is 62.0 cm³/mol. The highest BCUT2D eigenvalue weighted by Crippen LogP contribution is 2.25. The highest BCUT2D eigenvalue weighted by atomic mass is 16.4. The van der Waals surface area contributed by atoms with Crippen molar-refractivity contribution in [3.8, 4) is 0 Å². The van der Waals surface area contributed by atoms with Crippen LogP contribution in [0.25, 0.3) is 0 Å². The van der Waals surface area contributed by atoms with Crippen LogP contribution in [-0.4, -0.2) is 35.1 Å². The van der Waals surface area contributed by atoms with Gasteiger partial charge in [-0.15, -0.1) is 0 Å². The Bertz CT molecular complexity index is 228. The molecule has 0 bridgehead atoms. The summed E-state index contributed by atoms with van der Waals surface area (Å²) in [5.41, 5.74) is 5.69. The standard InChI is InChI=1S/C11H23N3O/c1-4-10(11(12)13-15)14-6-5-9(7-14)8(2)3/h8-10,15H,4-7H2,1-3H3,(H2,12,13). The molecule has 88 valence electrons. The summed E-state index contributed by atoms with van der Waals surface area (Å²) in [5, 5.41) is 11.8. The summed E-state index contributed by atoms with van der Waals surface area (Å²) in [5.74, 6) is 1.83. The highest BCUT2D eigenvalue weighted by Gasteiger charge is 2.30. The van der Waals surface area contributed by atoms with Crippen molar-refractivity contribution in [2.75, 3.05) is 13.1 Å². The van der Waals surface area contributed by atoms with Crippen molar-refractivity contribution in [2.45, 2.75) is 39.7 Å². The second-order valence-corrected chi connectivity index (χ2v) is 4.74. The van der Waals surface area contributed by atoms with E-state index in [0.717, 1.165) is 31.3 Å². The molecule has 0 aromatic rings. The zero-order valence-electron chi connectivity index (χ0n) is 9.98. The molecule has 15 heavy (non-hydrogen) atoms. The number of likely N-dealkylation sites (tertiary alicyclic amines) is 1. The molecule has 1 aliphatic rings. The van der Waals surface area contributed by atoms with Gasteiger partial charge in [-0.05, 0) is 31.2 Å². The maximum absolute atomic E-state index is 8.71. The minimum Gasteiger partial charge on any atom is -0.409 e. The average Bonchev–Trinajstić information content (AvgIpc) is 2.68. The minimum absolute atomic E-state index is 0.110. The van der Waals surface area contributed by atoms with Crippen molar-refractivity contribution in [1.29, 1.82) is 0 Å². The summed E-state index contributed by atoms with van der Waals surface area (Å²) in [6.07, 6.45) is 2.13. The molecule has 4 heteroatoms. The van der Waals surface area contributed by atoms with Crippen LogP contribution in [0.5, 0.6) is 0 Å². The van der Waals surface area contributed by atoms with Gasteiger partial charge in [0.1, 0.15) is 0 Å². The van der Waals surface area contributed by atoms with Crippen LogP contribution < -0.4 is 5.73 Å². The number of oxime groups is 1. The van der Waals surface area contributed by atoms with Gasteiger partial charge in [0.25, 0.3) is 0 Å². The molecule has 1 saturated heterocycles. The monoisotopic (exact) mass is 213 g/mol. The minimum atomic E-state index is 0.110. The van der Waals surface area contributed by atoms with E-state index in [-0.39, 0.29) is 6.04 Å². The van der Waals surface area contributed by atoms with Crippen LogP contribution in [0.15, 0.2) is 5.16 Å². The topological polar surface area (TPSA) is 61.9 Å². The molecule has 1 fully saturated rings. The molecule has 1 rings (SSSR count). The second-order valence-electron chi connectivity index (χ2n) is 4.74. The van der Waals surface area contributed by atoms with E-state index in [0.29, 0.717) is 5.84 Å². The SMILES string of the molecule is CCC(C(N)=NO)N1CCC(C(C)C)C1. The molecule has 0 aliphatic carbocycles. The Morgan fingerprint density at radius 2 is 2.27 bits per heavy atom. The summed E-state index contributed by atoms with van der Waals surface area (Å²) < 4.78 is 0. The largest absolute Gasteiger partial charge is 0.409 e. The summed E-state index contributed by atoms with van der Waals surface area (Å²) >= 11 is 0. The van der Waals surface area contributed by atoms with E-state index < -0.39 is 0 Å². The molecule has 0 aromatic heterocycles. The van der Waals surface area contributed by atoms with Gasteiger partial charge in [0, 0.05) is 6.54 Å². The van der Waals surface area contributed by atoms with Crippen LogP contribution in [0.4, 0.5) is 0 Å². The summed E-state index contributed by atoms with van der Waals surface area (Å²) in [7, 11) is 0. The molecule has 0 radical (unpaired) electrons. The van der Waals surface area contributed by atoms with Gasteiger partial charge in [-0.25, -0.2) is 0 Å². The molecule has 3 N–H and O–H groups in total. The van der Waals surface area contributed by atoms with Crippen LogP contribution in [0.2, 0.25) is 0 Å².